The first kappa shape index (κ1) is 25.2. The quantitative estimate of drug-likeness (QED) is 0.275. The Hall–Kier alpha value is -4.42. The molecule has 3 aromatic carbocycles. The largest absolute Gasteiger partial charge is 0.497 e. The van der Waals surface area contributed by atoms with Crippen molar-refractivity contribution in [1.29, 1.82) is 0 Å². The highest BCUT2D eigenvalue weighted by Crippen LogP contribution is 2.37. The first-order valence-corrected chi connectivity index (χ1v) is 12.7. The van der Waals surface area contributed by atoms with Gasteiger partial charge in [0.05, 0.1) is 36.9 Å². The number of nitrogens with one attached hydrogen (secondary N) is 1. The Labute approximate surface area is 221 Å². The molecular weight excluding hydrogens is 508 g/mol. The van der Waals surface area contributed by atoms with Gasteiger partial charge in [-0.05, 0) is 30.3 Å². The zero-order valence-electron chi connectivity index (χ0n) is 20.7. The summed E-state index contributed by atoms with van der Waals surface area (Å²) in [6.07, 6.45) is 0. The molecule has 1 saturated heterocycles. The number of hydrogen-bond acceptors (Lipinski definition) is 8. The Kier molecular flexibility index (Phi) is 6.99. The standard InChI is InChI=1S/C26H26N6O5S/c1-36-20-10-17(11-21(13-20)37-2)28-25-26(30-23-9-4-3-8-22(23)29-25)32(38(34)35)19-7-5-6-18(12-19)31-14-16(15-31)24(27)33/h3-13,16H,14-15H2,1-2H3,(H2,27,33)(H,28,29)(H,34,35). The van der Waals surface area contributed by atoms with Gasteiger partial charge in [0.25, 0.3) is 11.3 Å². The highest BCUT2D eigenvalue weighted by Gasteiger charge is 2.32. The number of primary amides is 1. The molecule has 1 atom stereocenters. The summed E-state index contributed by atoms with van der Waals surface area (Å²) < 4.78 is 35.2. The molecule has 1 aliphatic heterocycles. The van der Waals surface area contributed by atoms with Crippen molar-refractivity contribution < 1.29 is 23.0 Å². The number of amides is 1. The Morgan fingerprint density at radius 3 is 2.29 bits per heavy atom. The summed E-state index contributed by atoms with van der Waals surface area (Å²) in [5, 5.41) is 3.21. The van der Waals surface area contributed by atoms with Gasteiger partial charge in [0.15, 0.2) is 11.6 Å². The van der Waals surface area contributed by atoms with E-state index in [1.807, 2.05) is 29.2 Å². The van der Waals surface area contributed by atoms with E-state index in [1.54, 1.807) is 56.7 Å². The van der Waals surface area contributed by atoms with E-state index >= 15 is 0 Å². The minimum absolute atomic E-state index is 0.141. The molecule has 4 N–H and O–H groups in total. The number of para-hydroxylation sites is 2. The lowest BCUT2D eigenvalue weighted by molar-refractivity contribution is -0.122. The van der Waals surface area contributed by atoms with Crippen molar-refractivity contribution in [3.63, 3.8) is 0 Å². The number of carbonyl (C=O) groups is 1. The second kappa shape index (κ2) is 10.5. The van der Waals surface area contributed by atoms with Crippen LogP contribution in [0.4, 0.5) is 28.7 Å². The van der Waals surface area contributed by atoms with Gasteiger partial charge in [0, 0.05) is 42.7 Å². The van der Waals surface area contributed by atoms with Crippen LogP contribution in [-0.2, 0) is 16.1 Å². The zero-order chi connectivity index (χ0) is 26.8. The Bertz CT molecular complexity index is 1510. The molecule has 38 heavy (non-hydrogen) atoms. The summed E-state index contributed by atoms with van der Waals surface area (Å²) in [6, 6.07) is 19.6. The molecular formula is C26H26N6O5S. The van der Waals surface area contributed by atoms with Crippen molar-refractivity contribution in [3.8, 4) is 11.5 Å². The van der Waals surface area contributed by atoms with Gasteiger partial charge in [-0.3, -0.25) is 9.35 Å². The third-order valence-electron chi connectivity index (χ3n) is 6.23. The van der Waals surface area contributed by atoms with E-state index in [2.05, 4.69) is 5.32 Å². The van der Waals surface area contributed by atoms with Crippen LogP contribution in [0, 0.1) is 5.92 Å². The fourth-order valence-corrected chi connectivity index (χ4v) is 4.77. The first-order chi connectivity index (χ1) is 18.4. The van der Waals surface area contributed by atoms with Crippen LogP contribution in [0.15, 0.2) is 66.7 Å². The summed E-state index contributed by atoms with van der Waals surface area (Å²) in [7, 11) is 3.10. The van der Waals surface area contributed by atoms with Crippen LogP contribution in [0.1, 0.15) is 0 Å². The lowest BCUT2D eigenvalue weighted by Crippen LogP contribution is -2.52. The number of carbonyl (C=O) groups excluding carboxylic acids is 1. The van der Waals surface area contributed by atoms with Gasteiger partial charge >= 0.3 is 0 Å². The highest BCUT2D eigenvalue weighted by molar-refractivity contribution is 7.81. The molecule has 196 valence electrons. The second-order valence-corrected chi connectivity index (χ2v) is 9.49. The van der Waals surface area contributed by atoms with E-state index in [0.717, 1.165) is 5.69 Å². The van der Waals surface area contributed by atoms with E-state index in [-0.39, 0.29) is 23.5 Å². The van der Waals surface area contributed by atoms with Crippen molar-refractivity contribution >= 4 is 56.9 Å². The van der Waals surface area contributed by atoms with Gasteiger partial charge < -0.3 is 25.4 Å². The van der Waals surface area contributed by atoms with E-state index in [1.165, 1.54) is 4.31 Å². The topological polar surface area (TPSA) is 143 Å². The maximum absolute atomic E-state index is 12.8. The van der Waals surface area contributed by atoms with Gasteiger partial charge in [0.2, 0.25) is 5.91 Å². The van der Waals surface area contributed by atoms with Gasteiger partial charge in [-0.1, -0.05) is 18.2 Å². The minimum Gasteiger partial charge on any atom is -0.497 e. The minimum atomic E-state index is -2.50. The van der Waals surface area contributed by atoms with Crippen LogP contribution in [0.2, 0.25) is 0 Å². The summed E-state index contributed by atoms with van der Waals surface area (Å²) in [6.45, 7) is 0.975. The Morgan fingerprint density at radius 2 is 1.68 bits per heavy atom. The van der Waals surface area contributed by atoms with E-state index in [9.17, 15) is 13.6 Å². The van der Waals surface area contributed by atoms with Crippen LogP contribution in [0.3, 0.4) is 0 Å². The van der Waals surface area contributed by atoms with Crippen molar-refractivity contribution in [2.24, 2.45) is 11.7 Å². The average molecular weight is 535 g/mol. The van der Waals surface area contributed by atoms with Crippen LogP contribution in [-0.4, -0.2) is 51.9 Å². The summed E-state index contributed by atoms with van der Waals surface area (Å²) in [4.78, 5) is 22.9. The third-order valence-corrected chi connectivity index (χ3v) is 6.92. The van der Waals surface area contributed by atoms with Crippen LogP contribution < -0.4 is 29.7 Å². The predicted octanol–water partition coefficient (Wildman–Crippen LogP) is 3.59. The van der Waals surface area contributed by atoms with Crippen molar-refractivity contribution in [2.75, 3.05) is 41.8 Å². The Morgan fingerprint density at radius 1 is 1.03 bits per heavy atom. The zero-order valence-corrected chi connectivity index (χ0v) is 21.5. The maximum atomic E-state index is 12.8. The summed E-state index contributed by atoms with van der Waals surface area (Å²) >= 11 is -2.50. The molecule has 2 heterocycles. The SMILES string of the molecule is COc1cc(Nc2nc3ccccc3nc2N(c2cccc(N3CC(C(N)=O)C3)c2)S(=O)O)cc(OC)c1. The van der Waals surface area contributed by atoms with Crippen molar-refractivity contribution in [1.82, 2.24) is 9.97 Å². The normalized spacial score (nSPS) is 14.0. The number of rotatable bonds is 9. The lowest BCUT2D eigenvalue weighted by atomic mass is 9.98. The van der Waals surface area contributed by atoms with E-state index in [4.69, 9.17) is 25.2 Å². The lowest BCUT2D eigenvalue weighted by Gasteiger charge is -2.39. The molecule has 11 nitrogen and oxygen atoms in total. The number of methoxy groups -OCH3 is 2. The molecule has 0 bridgehead atoms. The Balaban J connectivity index is 1.59. The molecule has 0 saturated carbocycles. The third kappa shape index (κ3) is 5.04. The summed E-state index contributed by atoms with van der Waals surface area (Å²) in [5.74, 6) is 0.949. The second-order valence-electron chi connectivity index (χ2n) is 8.66. The molecule has 5 rings (SSSR count). The van der Waals surface area contributed by atoms with Gasteiger partial charge in [-0.2, -0.15) is 0 Å². The number of benzene rings is 3. The molecule has 1 aliphatic rings. The van der Waals surface area contributed by atoms with Gasteiger partial charge in [0.1, 0.15) is 11.5 Å². The van der Waals surface area contributed by atoms with E-state index < -0.39 is 11.3 Å². The van der Waals surface area contributed by atoms with Crippen molar-refractivity contribution in [3.05, 3.63) is 66.7 Å². The predicted molar refractivity (Wildman–Crippen MR) is 147 cm³/mol. The highest BCUT2D eigenvalue weighted by atomic mass is 32.2. The smallest absolute Gasteiger partial charge is 0.268 e. The summed E-state index contributed by atoms with van der Waals surface area (Å²) in [5.41, 5.74) is 8.35. The molecule has 1 amide bonds. The number of fused-ring (bicyclic) bond motifs is 1. The number of ether oxygens (including phenoxy) is 2. The number of aromatic nitrogens is 2. The molecule has 1 fully saturated rings. The van der Waals surface area contributed by atoms with Gasteiger partial charge in [-0.25, -0.2) is 18.5 Å². The molecule has 0 aliphatic carbocycles. The molecule has 0 radical (unpaired) electrons. The monoisotopic (exact) mass is 534 g/mol. The molecule has 12 heteroatoms. The van der Waals surface area contributed by atoms with Crippen LogP contribution in [0.5, 0.6) is 11.5 Å². The molecule has 1 unspecified atom stereocenters. The van der Waals surface area contributed by atoms with Gasteiger partial charge in [-0.15, -0.1) is 0 Å². The number of anilines is 5. The first-order valence-electron chi connectivity index (χ1n) is 11.7. The number of hydrogen-bond donors (Lipinski definition) is 3. The van der Waals surface area contributed by atoms with Crippen molar-refractivity contribution in [2.45, 2.75) is 0 Å². The van der Waals surface area contributed by atoms with Crippen LogP contribution >= 0.6 is 0 Å². The maximum Gasteiger partial charge on any atom is 0.268 e. The molecule has 0 spiro atoms. The average Bonchev–Trinajstić information content (AvgIpc) is 2.87. The molecule has 4 aromatic rings. The fraction of sp³-hybridized carbons (Fsp3) is 0.192. The number of nitrogens with two attached hydrogens (primary N) is 1. The molecule has 1 aromatic heterocycles. The fourth-order valence-electron chi connectivity index (χ4n) is 4.20. The van der Waals surface area contributed by atoms with Crippen LogP contribution in [0.25, 0.3) is 11.0 Å². The van der Waals surface area contributed by atoms with E-state index in [0.29, 0.717) is 47.0 Å². The number of nitrogens with zero attached hydrogens (tertiary/aromatic N) is 4.